The fourth-order valence-corrected chi connectivity index (χ4v) is 2.40. The highest BCUT2D eigenvalue weighted by atomic mass is 16.5. The first-order valence-electron chi connectivity index (χ1n) is 5.93. The van der Waals surface area contributed by atoms with Crippen LogP contribution in [0.5, 0.6) is 5.75 Å². The molecule has 18 heavy (non-hydrogen) atoms. The van der Waals surface area contributed by atoms with Gasteiger partial charge in [0.05, 0.1) is 16.8 Å². The lowest BCUT2D eigenvalue weighted by Crippen LogP contribution is -2.63. The molecule has 0 aromatic heterocycles. The summed E-state index contributed by atoms with van der Waals surface area (Å²) in [7, 11) is 0. The third-order valence-corrected chi connectivity index (χ3v) is 3.15. The van der Waals surface area contributed by atoms with Gasteiger partial charge in [-0.15, -0.1) is 0 Å². The van der Waals surface area contributed by atoms with E-state index in [1.54, 1.807) is 6.07 Å². The number of nitrogens with one attached hydrogen (secondary N) is 1. The van der Waals surface area contributed by atoms with Gasteiger partial charge in [0.2, 0.25) is 0 Å². The standard InChI is InChI=1S/C13H18N2O3/c1-8-6-13(2,15-8)7-18-11-4-3-9(12(16)17)5-10(11)14/h3-5,8,15H,6-7,14H2,1-2H3,(H,16,17). The molecular weight excluding hydrogens is 232 g/mol. The quantitative estimate of drug-likeness (QED) is 0.705. The van der Waals surface area contributed by atoms with Gasteiger partial charge in [-0.2, -0.15) is 0 Å². The smallest absolute Gasteiger partial charge is 0.335 e. The van der Waals surface area contributed by atoms with Gasteiger partial charge in [-0.25, -0.2) is 4.79 Å². The number of anilines is 1. The zero-order valence-electron chi connectivity index (χ0n) is 10.6. The zero-order chi connectivity index (χ0) is 13.3. The lowest BCUT2D eigenvalue weighted by molar-refractivity contribution is 0.0696. The molecule has 4 N–H and O–H groups in total. The summed E-state index contributed by atoms with van der Waals surface area (Å²) in [5.41, 5.74) is 6.27. The molecule has 2 rings (SSSR count). The van der Waals surface area contributed by atoms with Gasteiger partial charge in [-0.05, 0) is 38.5 Å². The van der Waals surface area contributed by atoms with Crippen LogP contribution >= 0.6 is 0 Å². The minimum Gasteiger partial charge on any atom is -0.490 e. The van der Waals surface area contributed by atoms with E-state index in [1.807, 2.05) is 0 Å². The first-order valence-corrected chi connectivity index (χ1v) is 5.93. The summed E-state index contributed by atoms with van der Waals surface area (Å²) in [4.78, 5) is 10.8. The van der Waals surface area contributed by atoms with Crippen molar-refractivity contribution in [2.24, 2.45) is 0 Å². The first kappa shape index (κ1) is 12.7. The summed E-state index contributed by atoms with van der Waals surface area (Å²) in [5, 5.41) is 12.2. The molecule has 5 heteroatoms. The second-order valence-corrected chi connectivity index (χ2v) is 5.16. The summed E-state index contributed by atoms with van der Waals surface area (Å²) >= 11 is 0. The van der Waals surface area contributed by atoms with Crippen LogP contribution in [-0.2, 0) is 0 Å². The number of hydrogen-bond donors (Lipinski definition) is 3. The summed E-state index contributed by atoms with van der Waals surface area (Å²) in [6, 6.07) is 5.03. The number of benzene rings is 1. The van der Waals surface area contributed by atoms with E-state index in [1.165, 1.54) is 12.1 Å². The second-order valence-electron chi connectivity index (χ2n) is 5.16. The average molecular weight is 250 g/mol. The third kappa shape index (κ3) is 2.56. The Hall–Kier alpha value is -1.75. The first-order chi connectivity index (χ1) is 8.39. The van der Waals surface area contributed by atoms with E-state index in [4.69, 9.17) is 15.6 Å². The maximum Gasteiger partial charge on any atom is 0.335 e. The fraction of sp³-hybridized carbons (Fsp3) is 0.462. The molecule has 5 nitrogen and oxygen atoms in total. The van der Waals surface area contributed by atoms with E-state index in [0.717, 1.165) is 6.42 Å². The Morgan fingerprint density at radius 1 is 1.67 bits per heavy atom. The minimum absolute atomic E-state index is 0.0165. The Bertz CT molecular complexity index is 467. The van der Waals surface area contributed by atoms with E-state index in [-0.39, 0.29) is 11.1 Å². The lowest BCUT2D eigenvalue weighted by Gasteiger charge is -2.45. The monoisotopic (exact) mass is 250 g/mol. The van der Waals surface area contributed by atoms with Gasteiger partial charge in [0, 0.05) is 6.04 Å². The van der Waals surface area contributed by atoms with Gasteiger partial charge in [-0.1, -0.05) is 0 Å². The van der Waals surface area contributed by atoms with Crippen molar-refractivity contribution in [2.75, 3.05) is 12.3 Å². The molecule has 1 aromatic rings. The topological polar surface area (TPSA) is 84.6 Å². The van der Waals surface area contributed by atoms with Crippen molar-refractivity contribution in [1.82, 2.24) is 5.32 Å². The normalized spacial score (nSPS) is 26.4. The highest BCUT2D eigenvalue weighted by molar-refractivity contribution is 5.89. The van der Waals surface area contributed by atoms with Crippen LogP contribution in [0.2, 0.25) is 0 Å². The number of aromatic carboxylic acids is 1. The van der Waals surface area contributed by atoms with Crippen molar-refractivity contribution in [1.29, 1.82) is 0 Å². The van der Waals surface area contributed by atoms with Crippen LogP contribution in [0.25, 0.3) is 0 Å². The maximum absolute atomic E-state index is 10.8. The predicted molar refractivity (Wildman–Crippen MR) is 68.9 cm³/mol. The van der Waals surface area contributed by atoms with Gasteiger partial charge >= 0.3 is 5.97 Å². The molecule has 98 valence electrons. The van der Waals surface area contributed by atoms with E-state index < -0.39 is 5.97 Å². The molecule has 1 aliphatic heterocycles. The van der Waals surface area contributed by atoms with Crippen molar-refractivity contribution < 1.29 is 14.6 Å². The Kier molecular flexibility index (Phi) is 3.17. The Morgan fingerprint density at radius 2 is 2.33 bits per heavy atom. The third-order valence-electron chi connectivity index (χ3n) is 3.15. The van der Waals surface area contributed by atoms with Gasteiger partial charge in [0.25, 0.3) is 0 Å². The van der Waals surface area contributed by atoms with Crippen molar-refractivity contribution in [3.63, 3.8) is 0 Å². The van der Waals surface area contributed by atoms with Gasteiger partial charge in [0.15, 0.2) is 0 Å². The SMILES string of the molecule is CC1CC(C)(COc2ccc(C(=O)O)cc2N)N1. The van der Waals surface area contributed by atoms with Gasteiger partial charge in [0.1, 0.15) is 12.4 Å². The Balaban J connectivity index is 2.00. The number of carboxylic acid groups (broad SMARTS) is 1. The Labute approximate surface area is 106 Å². The number of rotatable bonds is 4. The molecular formula is C13H18N2O3. The number of carbonyl (C=O) groups is 1. The molecule has 1 fully saturated rings. The van der Waals surface area contributed by atoms with E-state index >= 15 is 0 Å². The average Bonchev–Trinajstić information content (AvgIpc) is 2.25. The molecule has 0 radical (unpaired) electrons. The van der Waals surface area contributed by atoms with Gasteiger partial charge < -0.3 is 20.9 Å². The molecule has 0 saturated carbocycles. The molecule has 0 spiro atoms. The number of nitrogens with two attached hydrogens (primary N) is 1. The lowest BCUT2D eigenvalue weighted by atomic mass is 9.85. The molecule has 2 unspecified atom stereocenters. The highest BCUT2D eigenvalue weighted by Crippen LogP contribution is 2.28. The number of carboxylic acids is 1. The molecule has 0 amide bonds. The van der Waals surface area contributed by atoms with Crippen LogP contribution in [0.4, 0.5) is 5.69 Å². The second kappa shape index (κ2) is 4.49. The zero-order valence-corrected chi connectivity index (χ0v) is 10.6. The van der Waals surface area contributed by atoms with Crippen molar-refractivity contribution in [3.05, 3.63) is 23.8 Å². The number of ether oxygens (including phenoxy) is 1. The van der Waals surface area contributed by atoms with Crippen molar-refractivity contribution >= 4 is 11.7 Å². The summed E-state index contributed by atoms with van der Waals surface area (Å²) in [5.74, 6) is -0.461. The summed E-state index contributed by atoms with van der Waals surface area (Å²) < 4.78 is 5.65. The molecule has 0 aliphatic carbocycles. The van der Waals surface area contributed by atoms with E-state index in [2.05, 4.69) is 19.2 Å². The van der Waals surface area contributed by atoms with Crippen LogP contribution in [0.3, 0.4) is 0 Å². The number of hydrogen-bond acceptors (Lipinski definition) is 4. The molecule has 1 aromatic carbocycles. The van der Waals surface area contributed by atoms with E-state index in [0.29, 0.717) is 24.1 Å². The van der Waals surface area contributed by atoms with Crippen LogP contribution in [-0.4, -0.2) is 29.3 Å². The van der Waals surface area contributed by atoms with E-state index in [9.17, 15) is 4.79 Å². The van der Waals surface area contributed by atoms with Crippen molar-refractivity contribution in [3.8, 4) is 5.75 Å². The Morgan fingerprint density at radius 3 is 2.83 bits per heavy atom. The van der Waals surface area contributed by atoms with Crippen molar-refractivity contribution in [2.45, 2.75) is 31.8 Å². The molecule has 0 bridgehead atoms. The van der Waals surface area contributed by atoms with Crippen LogP contribution in [0.1, 0.15) is 30.6 Å². The van der Waals surface area contributed by atoms with Crippen LogP contribution in [0.15, 0.2) is 18.2 Å². The molecule has 1 heterocycles. The summed E-state index contributed by atoms with van der Waals surface area (Å²) in [6.45, 7) is 4.74. The maximum atomic E-state index is 10.8. The minimum atomic E-state index is -0.991. The largest absolute Gasteiger partial charge is 0.490 e. The molecule has 1 saturated heterocycles. The number of nitrogen functional groups attached to an aromatic ring is 1. The molecule has 1 aliphatic rings. The van der Waals surface area contributed by atoms with Crippen LogP contribution in [0, 0.1) is 0 Å². The van der Waals surface area contributed by atoms with Crippen LogP contribution < -0.4 is 15.8 Å². The van der Waals surface area contributed by atoms with Gasteiger partial charge in [-0.3, -0.25) is 0 Å². The molecule has 2 atom stereocenters. The fourth-order valence-electron chi connectivity index (χ4n) is 2.40. The predicted octanol–water partition coefficient (Wildman–Crippen LogP) is 1.49. The summed E-state index contributed by atoms with van der Waals surface area (Å²) in [6.07, 6.45) is 1.06. The highest BCUT2D eigenvalue weighted by Gasteiger charge is 2.37.